The molecule has 1 aliphatic rings. The van der Waals surface area contributed by atoms with Gasteiger partial charge in [-0.25, -0.2) is 8.42 Å². The number of furan rings is 1. The summed E-state index contributed by atoms with van der Waals surface area (Å²) in [4.78, 5) is 0. The summed E-state index contributed by atoms with van der Waals surface area (Å²) in [6, 6.07) is 0. The first-order valence-corrected chi connectivity index (χ1v) is 7.47. The zero-order valence-electron chi connectivity index (χ0n) is 8.55. The van der Waals surface area contributed by atoms with Crippen molar-refractivity contribution in [2.75, 3.05) is 0 Å². The monoisotopic (exact) mass is 248 g/mol. The molecule has 15 heavy (non-hydrogen) atoms. The van der Waals surface area contributed by atoms with E-state index in [9.17, 15) is 8.42 Å². The Morgan fingerprint density at radius 2 is 2.00 bits per heavy atom. The van der Waals surface area contributed by atoms with Crippen LogP contribution in [-0.4, -0.2) is 8.42 Å². The minimum absolute atomic E-state index is 0.112. The molecule has 3 nitrogen and oxygen atoms in total. The number of hydrogen-bond acceptors (Lipinski definition) is 3. The molecule has 0 aliphatic heterocycles. The molecule has 0 fully saturated rings. The van der Waals surface area contributed by atoms with E-state index in [0.717, 1.165) is 42.6 Å². The lowest BCUT2D eigenvalue weighted by molar-refractivity contribution is 0.457. The predicted octanol–water partition coefficient (Wildman–Crippen LogP) is 2.54. The van der Waals surface area contributed by atoms with Crippen molar-refractivity contribution in [1.29, 1.82) is 0 Å². The van der Waals surface area contributed by atoms with E-state index >= 15 is 0 Å². The van der Waals surface area contributed by atoms with Gasteiger partial charge in [-0.05, 0) is 31.7 Å². The summed E-state index contributed by atoms with van der Waals surface area (Å²) in [7, 11) is 1.78. The average Bonchev–Trinajstić information content (AvgIpc) is 2.41. The fraction of sp³-hybridized carbons (Fsp3) is 0.600. The van der Waals surface area contributed by atoms with Gasteiger partial charge in [0, 0.05) is 22.7 Å². The van der Waals surface area contributed by atoms with Crippen molar-refractivity contribution in [3.8, 4) is 0 Å². The van der Waals surface area contributed by atoms with Crippen molar-refractivity contribution in [2.24, 2.45) is 0 Å². The molecule has 5 heteroatoms. The van der Waals surface area contributed by atoms with Crippen LogP contribution in [-0.2, 0) is 27.6 Å². The highest BCUT2D eigenvalue weighted by Gasteiger charge is 2.23. The lowest BCUT2D eigenvalue weighted by Crippen LogP contribution is -2.04. The molecule has 84 valence electrons. The molecule has 0 spiro atoms. The molecular formula is C10H13ClO3S. The van der Waals surface area contributed by atoms with Crippen molar-refractivity contribution in [3.05, 3.63) is 22.6 Å². The van der Waals surface area contributed by atoms with Gasteiger partial charge in [0.2, 0.25) is 9.05 Å². The van der Waals surface area contributed by atoms with Crippen LogP contribution >= 0.6 is 10.7 Å². The van der Waals surface area contributed by atoms with Crippen LogP contribution < -0.4 is 0 Å². The fourth-order valence-corrected chi connectivity index (χ4v) is 3.18. The molecule has 2 rings (SSSR count). The van der Waals surface area contributed by atoms with E-state index in [-0.39, 0.29) is 5.75 Å². The highest BCUT2D eigenvalue weighted by Crippen LogP contribution is 2.31. The average molecular weight is 249 g/mol. The lowest BCUT2D eigenvalue weighted by Gasteiger charge is -2.10. The summed E-state index contributed by atoms with van der Waals surface area (Å²) in [5.41, 5.74) is 1.85. The molecular weight excluding hydrogens is 236 g/mol. The number of halogens is 1. The first-order valence-electron chi connectivity index (χ1n) is 5.00. The van der Waals surface area contributed by atoms with Gasteiger partial charge in [0.1, 0.15) is 11.5 Å². The van der Waals surface area contributed by atoms with Crippen LogP contribution in [0.25, 0.3) is 0 Å². The van der Waals surface area contributed by atoms with Gasteiger partial charge in [-0.2, -0.15) is 0 Å². The summed E-state index contributed by atoms with van der Waals surface area (Å²) >= 11 is 0. The zero-order chi connectivity index (χ0) is 11.1. The summed E-state index contributed by atoms with van der Waals surface area (Å²) in [6.07, 6.45) is 4.04. The van der Waals surface area contributed by atoms with Crippen molar-refractivity contribution < 1.29 is 12.8 Å². The van der Waals surface area contributed by atoms with E-state index in [1.165, 1.54) is 0 Å². The van der Waals surface area contributed by atoms with Gasteiger partial charge in [-0.3, -0.25) is 0 Å². The normalized spacial score (nSPS) is 16.4. The van der Waals surface area contributed by atoms with Crippen molar-refractivity contribution in [2.45, 2.75) is 38.4 Å². The van der Waals surface area contributed by atoms with E-state index < -0.39 is 9.05 Å². The quantitative estimate of drug-likeness (QED) is 0.756. The summed E-state index contributed by atoms with van der Waals surface area (Å²) < 4.78 is 27.7. The minimum Gasteiger partial charge on any atom is -0.466 e. The van der Waals surface area contributed by atoms with E-state index in [0.29, 0.717) is 5.76 Å². The van der Waals surface area contributed by atoms with Crippen LogP contribution in [0.2, 0.25) is 0 Å². The van der Waals surface area contributed by atoms with Gasteiger partial charge >= 0.3 is 0 Å². The van der Waals surface area contributed by atoms with Crippen LogP contribution in [0.3, 0.4) is 0 Å². The van der Waals surface area contributed by atoms with Gasteiger partial charge in [-0.15, -0.1) is 0 Å². The molecule has 0 aromatic carbocycles. The number of aryl methyl sites for hydroxylation is 2. The summed E-state index contributed by atoms with van der Waals surface area (Å²) in [5, 5.41) is 0. The highest BCUT2D eigenvalue weighted by atomic mass is 35.7. The Bertz CT molecular complexity index is 473. The molecule has 0 atom stereocenters. The third-order valence-corrected chi connectivity index (χ3v) is 3.76. The first-order chi connectivity index (χ1) is 6.97. The third-order valence-electron chi connectivity index (χ3n) is 2.80. The van der Waals surface area contributed by atoms with Crippen LogP contribution in [0.1, 0.15) is 35.5 Å². The Hall–Kier alpha value is -0.480. The summed E-state index contributed by atoms with van der Waals surface area (Å²) in [6.45, 7) is 1.80. The lowest BCUT2D eigenvalue weighted by atomic mass is 9.95. The van der Waals surface area contributed by atoms with Gasteiger partial charge in [0.05, 0.1) is 5.75 Å². The van der Waals surface area contributed by atoms with Crippen molar-refractivity contribution >= 4 is 19.7 Å². The molecule has 0 bridgehead atoms. The van der Waals surface area contributed by atoms with Crippen LogP contribution in [0.15, 0.2) is 4.42 Å². The van der Waals surface area contributed by atoms with Crippen molar-refractivity contribution in [3.63, 3.8) is 0 Å². The number of hydrogen-bond donors (Lipinski definition) is 0. The Morgan fingerprint density at radius 3 is 2.67 bits per heavy atom. The van der Waals surface area contributed by atoms with Gasteiger partial charge in [0.25, 0.3) is 0 Å². The maximum Gasteiger partial charge on any atom is 0.236 e. The second-order valence-electron chi connectivity index (χ2n) is 3.93. The predicted molar refractivity (Wildman–Crippen MR) is 58.6 cm³/mol. The second kappa shape index (κ2) is 3.83. The maximum absolute atomic E-state index is 11.1. The van der Waals surface area contributed by atoms with Crippen LogP contribution in [0, 0.1) is 6.92 Å². The third kappa shape index (κ3) is 2.37. The van der Waals surface area contributed by atoms with E-state index in [1.807, 2.05) is 0 Å². The van der Waals surface area contributed by atoms with Gasteiger partial charge < -0.3 is 4.42 Å². The number of rotatable bonds is 2. The molecule has 0 saturated carbocycles. The zero-order valence-corrected chi connectivity index (χ0v) is 10.1. The standard InChI is InChI=1S/C10H13ClO3S/c1-7-9(6-15(11,12)13)8-4-2-3-5-10(8)14-7/h2-6H2,1H3. The smallest absolute Gasteiger partial charge is 0.236 e. The summed E-state index contributed by atoms with van der Waals surface area (Å²) in [5.74, 6) is 1.54. The van der Waals surface area contributed by atoms with Crippen LogP contribution in [0.4, 0.5) is 0 Å². The first kappa shape index (κ1) is 11.0. The molecule has 1 aliphatic carbocycles. The molecule has 0 unspecified atom stereocenters. The second-order valence-corrected chi connectivity index (χ2v) is 6.71. The van der Waals surface area contributed by atoms with E-state index in [1.54, 1.807) is 6.92 Å². The topological polar surface area (TPSA) is 47.3 Å². The highest BCUT2D eigenvalue weighted by molar-refractivity contribution is 8.13. The molecule has 0 saturated heterocycles. The number of fused-ring (bicyclic) bond motifs is 1. The van der Waals surface area contributed by atoms with E-state index in [2.05, 4.69) is 0 Å². The molecule has 0 N–H and O–H groups in total. The molecule has 0 amide bonds. The molecule has 0 radical (unpaired) electrons. The Morgan fingerprint density at radius 1 is 1.33 bits per heavy atom. The Labute approximate surface area is 93.8 Å². The Balaban J connectivity index is 2.42. The fourth-order valence-electron chi connectivity index (χ4n) is 2.13. The van der Waals surface area contributed by atoms with Gasteiger partial charge in [0.15, 0.2) is 0 Å². The maximum atomic E-state index is 11.1. The van der Waals surface area contributed by atoms with Crippen LogP contribution in [0.5, 0.6) is 0 Å². The largest absolute Gasteiger partial charge is 0.466 e. The van der Waals surface area contributed by atoms with Crippen molar-refractivity contribution in [1.82, 2.24) is 0 Å². The molecule has 1 heterocycles. The van der Waals surface area contributed by atoms with E-state index in [4.69, 9.17) is 15.1 Å². The molecule has 1 aromatic rings. The SMILES string of the molecule is Cc1oc2c(c1CS(=O)(=O)Cl)CCCC2. The van der Waals surface area contributed by atoms with Gasteiger partial charge in [-0.1, -0.05) is 0 Å². The Kier molecular flexibility index (Phi) is 2.81. The molecule has 1 aromatic heterocycles. The minimum atomic E-state index is -3.49.